The highest BCUT2D eigenvalue weighted by Crippen LogP contribution is 2.11. The number of rotatable bonds is 3. The molecule has 0 aliphatic carbocycles. The lowest BCUT2D eigenvalue weighted by atomic mass is 10.1. The monoisotopic (exact) mass is 227 g/mol. The summed E-state index contributed by atoms with van der Waals surface area (Å²) in [6.07, 6.45) is 1.49. The van der Waals surface area contributed by atoms with E-state index in [1.807, 2.05) is 20.8 Å². The zero-order valence-corrected chi connectivity index (χ0v) is 10.2. The number of carbonyl (C=O) groups excluding carboxylic acids is 1. The Labute approximate surface area is 96.5 Å². The first kappa shape index (κ1) is 13.0. The highest BCUT2D eigenvalue weighted by molar-refractivity contribution is 5.86. The average Bonchev–Trinajstić information content (AvgIpc) is 2.27. The van der Waals surface area contributed by atoms with Crippen LogP contribution in [-0.2, 0) is 4.79 Å². The van der Waals surface area contributed by atoms with Crippen LogP contribution < -0.4 is 5.32 Å². The number of amides is 1. The fourth-order valence-electron chi connectivity index (χ4n) is 1.84. The molecule has 1 heterocycles. The lowest BCUT2D eigenvalue weighted by molar-refractivity contribution is -0.126. The molecule has 1 saturated heterocycles. The Bertz CT molecular complexity index is 266. The van der Waals surface area contributed by atoms with Crippen LogP contribution in [0.3, 0.4) is 0 Å². The van der Waals surface area contributed by atoms with Gasteiger partial charge in [0.1, 0.15) is 0 Å². The molecule has 5 heteroatoms. The molecule has 1 fully saturated rings. The fraction of sp³-hybridized carbons (Fsp3) is 0.818. The molecule has 5 nitrogen and oxygen atoms in total. The van der Waals surface area contributed by atoms with Crippen molar-refractivity contribution in [3.05, 3.63) is 0 Å². The van der Waals surface area contributed by atoms with Gasteiger partial charge in [-0.1, -0.05) is 5.16 Å². The Kier molecular flexibility index (Phi) is 4.73. The number of piperidine rings is 1. The van der Waals surface area contributed by atoms with E-state index in [1.165, 1.54) is 0 Å². The van der Waals surface area contributed by atoms with Crippen molar-refractivity contribution in [2.75, 3.05) is 13.1 Å². The summed E-state index contributed by atoms with van der Waals surface area (Å²) in [5, 5.41) is 14.8. The third-order valence-electron chi connectivity index (χ3n) is 2.87. The molecule has 0 radical (unpaired) electrons. The van der Waals surface area contributed by atoms with Crippen LogP contribution in [0.5, 0.6) is 0 Å². The van der Waals surface area contributed by atoms with Gasteiger partial charge in [0.2, 0.25) is 5.91 Å². The summed E-state index contributed by atoms with van der Waals surface area (Å²) in [5.74, 6) is 0.0689. The molecule has 1 rings (SSSR count). The van der Waals surface area contributed by atoms with Crippen molar-refractivity contribution in [2.45, 2.75) is 45.7 Å². The number of nitrogens with zero attached hydrogens (tertiary/aromatic N) is 2. The molecule has 0 aromatic carbocycles. The standard InChI is InChI=1S/C11H21N3O2/c1-8(2)12-11(15)9(3)14-6-4-10(13-16)5-7-14/h8-9,16H,4-7H2,1-3H3,(H,12,15). The number of hydrogen-bond donors (Lipinski definition) is 2. The number of hydrogen-bond acceptors (Lipinski definition) is 4. The van der Waals surface area contributed by atoms with E-state index in [4.69, 9.17) is 5.21 Å². The molecule has 0 spiro atoms. The fourth-order valence-corrected chi connectivity index (χ4v) is 1.84. The van der Waals surface area contributed by atoms with Gasteiger partial charge >= 0.3 is 0 Å². The second-order valence-corrected chi connectivity index (χ2v) is 4.54. The van der Waals surface area contributed by atoms with E-state index in [1.54, 1.807) is 0 Å². The van der Waals surface area contributed by atoms with Crippen molar-refractivity contribution >= 4 is 11.6 Å². The molecule has 0 bridgehead atoms. The second-order valence-electron chi connectivity index (χ2n) is 4.54. The maximum atomic E-state index is 11.8. The van der Waals surface area contributed by atoms with E-state index in [2.05, 4.69) is 15.4 Å². The zero-order valence-electron chi connectivity index (χ0n) is 10.2. The summed E-state index contributed by atoms with van der Waals surface area (Å²) in [6, 6.07) is 0.0666. The lowest BCUT2D eigenvalue weighted by Crippen LogP contribution is -2.49. The van der Waals surface area contributed by atoms with Gasteiger partial charge in [0, 0.05) is 32.0 Å². The highest BCUT2D eigenvalue weighted by Gasteiger charge is 2.25. The Balaban J connectivity index is 2.44. The molecule has 1 unspecified atom stereocenters. The molecular weight excluding hydrogens is 206 g/mol. The summed E-state index contributed by atoms with van der Waals surface area (Å²) in [7, 11) is 0. The van der Waals surface area contributed by atoms with Crippen LogP contribution >= 0.6 is 0 Å². The van der Waals surface area contributed by atoms with E-state index < -0.39 is 0 Å². The van der Waals surface area contributed by atoms with Gasteiger partial charge in [-0.05, 0) is 20.8 Å². The quantitative estimate of drug-likeness (QED) is 0.554. The zero-order chi connectivity index (χ0) is 12.1. The SMILES string of the molecule is CC(C)NC(=O)C(C)N1CCC(=NO)CC1. The lowest BCUT2D eigenvalue weighted by Gasteiger charge is -2.32. The van der Waals surface area contributed by atoms with Gasteiger partial charge in [0.25, 0.3) is 0 Å². The van der Waals surface area contributed by atoms with Gasteiger partial charge in [-0.2, -0.15) is 0 Å². The van der Waals surface area contributed by atoms with Crippen molar-refractivity contribution in [3.63, 3.8) is 0 Å². The summed E-state index contributed by atoms with van der Waals surface area (Å²) in [4.78, 5) is 13.9. The van der Waals surface area contributed by atoms with Gasteiger partial charge in [-0.3, -0.25) is 9.69 Å². The second kappa shape index (κ2) is 5.84. The first-order valence-electron chi connectivity index (χ1n) is 5.78. The van der Waals surface area contributed by atoms with Crippen LogP contribution in [0, 0.1) is 0 Å². The smallest absolute Gasteiger partial charge is 0.237 e. The van der Waals surface area contributed by atoms with Crippen LogP contribution in [0.15, 0.2) is 5.16 Å². The number of likely N-dealkylation sites (tertiary alicyclic amines) is 1. The number of nitrogens with one attached hydrogen (secondary N) is 1. The van der Waals surface area contributed by atoms with Crippen LogP contribution in [0.25, 0.3) is 0 Å². The van der Waals surface area contributed by atoms with Crippen molar-refractivity contribution in [1.29, 1.82) is 0 Å². The summed E-state index contributed by atoms with van der Waals surface area (Å²) in [5.41, 5.74) is 0.827. The Morgan fingerprint density at radius 2 is 1.94 bits per heavy atom. The van der Waals surface area contributed by atoms with E-state index in [0.717, 1.165) is 31.6 Å². The van der Waals surface area contributed by atoms with E-state index in [0.29, 0.717) is 0 Å². The van der Waals surface area contributed by atoms with Crippen molar-refractivity contribution < 1.29 is 10.0 Å². The Hall–Kier alpha value is -1.10. The van der Waals surface area contributed by atoms with Crippen molar-refractivity contribution in [3.8, 4) is 0 Å². The maximum absolute atomic E-state index is 11.8. The molecule has 0 aromatic rings. The topological polar surface area (TPSA) is 64.9 Å². The molecule has 1 aliphatic heterocycles. The van der Waals surface area contributed by atoms with Crippen molar-refractivity contribution in [1.82, 2.24) is 10.2 Å². The minimum absolute atomic E-state index is 0.0689. The molecule has 2 N–H and O–H groups in total. The summed E-state index contributed by atoms with van der Waals surface area (Å²) in [6.45, 7) is 7.39. The number of carbonyl (C=O) groups is 1. The molecule has 16 heavy (non-hydrogen) atoms. The van der Waals surface area contributed by atoms with Gasteiger partial charge in [-0.25, -0.2) is 0 Å². The third-order valence-corrected chi connectivity index (χ3v) is 2.87. The van der Waals surface area contributed by atoms with Crippen LogP contribution in [0.1, 0.15) is 33.6 Å². The largest absolute Gasteiger partial charge is 0.411 e. The first-order chi connectivity index (χ1) is 7.54. The predicted molar refractivity (Wildman–Crippen MR) is 62.8 cm³/mol. The van der Waals surface area contributed by atoms with E-state index >= 15 is 0 Å². The molecular formula is C11H21N3O2. The third kappa shape index (κ3) is 3.48. The molecule has 1 atom stereocenters. The van der Waals surface area contributed by atoms with Crippen molar-refractivity contribution in [2.24, 2.45) is 5.16 Å². The first-order valence-corrected chi connectivity index (χ1v) is 5.78. The minimum atomic E-state index is -0.109. The van der Waals surface area contributed by atoms with Crippen LogP contribution in [0.2, 0.25) is 0 Å². The number of oxime groups is 1. The van der Waals surface area contributed by atoms with Gasteiger partial charge in [-0.15, -0.1) is 0 Å². The highest BCUT2D eigenvalue weighted by atomic mass is 16.4. The Morgan fingerprint density at radius 3 is 2.38 bits per heavy atom. The Morgan fingerprint density at radius 1 is 1.38 bits per heavy atom. The molecule has 92 valence electrons. The molecule has 0 saturated carbocycles. The average molecular weight is 227 g/mol. The molecule has 0 aromatic heterocycles. The summed E-state index contributed by atoms with van der Waals surface area (Å²) < 4.78 is 0. The minimum Gasteiger partial charge on any atom is -0.411 e. The summed E-state index contributed by atoms with van der Waals surface area (Å²) >= 11 is 0. The van der Waals surface area contributed by atoms with Gasteiger partial charge < -0.3 is 10.5 Å². The van der Waals surface area contributed by atoms with Crippen LogP contribution in [0.4, 0.5) is 0 Å². The predicted octanol–water partition coefficient (Wildman–Crippen LogP) is 0.825. The maximum Gasteiger partial charge on any atom is 0.237 e. The van der Waals surface area contributed by atoms with Crippen LogP contribution in [-0.4, -0.2) is 46.9 Å². The van der Waals surface area contributed by atoms with E-state index in [9.17, 15) is 4.79 Å². The molecule has 1 amide bonds. The van der Waals surface area contributed by atoms with Gasteiger partial charge in [0.05, 0.1) is 11.8 Å². The normalized spacial score (nSPS) is 19.6. The van der Waals surface area contributed by atoms with E-state index in [-0.39, 0.29) is 18.0 Å². The van der Waals surface area contributed by atoms with Gasteiger partial charge in [0.15, 0.2) is 0 Å². The molecule has 1 aliphatic rings.